The molecule has 0 aromatic heterocycles. The van der Waals surface area contributed by atoms with Crippen LogP contribution in [0.2, 0.25) is 5.02 Å². The number of piperazine rings is 1. The number of benzene rings is 1. The van der Waals surface area contributed by atoms with E-state index in [1.807, 2.05) is 23.1 Å². The first-order valence-corrected chi connectivity index (χ1v) is 8.62. The van der Waals surface area contributed by atoms with E-state index in [0.29, 0.717) is 18.4 Å². The van der Waals surface area contributed by atoms with Crippen LogP contribution in [0.3, 0.4) is 0 Å². The molecular weight excluding hydrogens is 333 g/mol. The van der Waals surface area contributed by atoms with Crippen LogP contribution in [0.1, 0.15) is 25.7 Å². The zero-order valence-electron chi connectivity index (χ0n) is 13.3. The lowest BCUT2D eigenvalue weighted by molar-refractivity contribution is -0.131. The number of hydrogen-bond donors (Lipinski definition) is 1. The zero-order chi connectivity index (χ0) is 15.4. The van der Waals surface area contributed by atoms with E-state index in [4.69, 9.17) is 11.6 Å². The van der Waals surface area contributed by atoms with E-state index >= 15 is 0 Å². The van der Waals surface area contributed by atoms with Gasteiger partial charge < -0.3 is 15.1 Å². The lowest BCUT2D eigenvalue weighted by atomic mass is 10.1. The summed E-state index contributed by atoms with van der Waals surface area (Å²) in [6, 6.07) is 8.49. The lowest BCUT2D eigenvalue weighted by Crippen LogP contribution is -2.49. The third-order valence-corrected chi connectivity index (χ3v) is 4.91. The van der Waals surface area contributed by atoms with Crippen molar-refractivity contribution in [1.82, 2.24) is 10.2 Å². The molecule has 128 valence electrons. The number of carbonyl (C=O) groups excluding carboxylic acids is 1. The van der Waals surface area contributed by atoms with Gasteiger partial charge in [0, 0.05) is 49.4 Å². The van der Waals surface area contributed by atoms with Gasteiger partial charge in [-0.3, -0.25) is 4.79 Å². The average Bonchev–Trinajstić information content (AvgIpc) is 3.06. The van der Waals surface area contributed by atoms with Crippen molar-refractivity contribution in [1.29, 1.82) is 0 Å². The van der Waals surface area contributed by atoms with Gasteiger partial charge in [-0.05, 0) is 44.0 Å². The van der Waals surface area contributed by atoms with Crippen LogP contribution in [-0.2, 0) is 4.79 Å². The first-order chi connectivity index (χ1) is 10.7. The molecule has 0 spiro atoms. The second-order valence-electron chi connectivity index (χ2n) is 6.18. The highest BCUT2D eigenvalue weighted by molar-refractivity contribution is 6.30. The summed E-state index contributed by atoms with van der Waals surface area (Å²) in [5, 5.41) is 4.22. The third kappa shape index (κ3) is 5.00. The summed E-state index contributed by atoms with van der Waals surface area (Å²) in [6.45, 7) is 4.49. The van der Waals surface area contributed by atoms with Gasteiger partial charge in [0.1, 0.15) is 0 Å². The summed E-state index contributed by atoms with van der Waals surface area (Å²) in [4.78, 5) is 16.6. The molecular formula is C17H25Cl2N3O. The van der Waals surface area contributed by atoms with Gasteiger partial charge >= 0.3 is 0 Å². The molecule has 2 aliphatic rings. The minimum Gasteiger partial charge on any atom is -0.368 e. The Hall–Kier alpha value is -0.970. The van der Waals surface area contributed by atoms with Gasteiger partial charge in [-0.25, -0.2) is 0 Å². The molecule has 6 heteroatoms. The Morgan fingerprint density at radius 2 is 2.04 bits per heavy atom. The van der Waals surface area contributed by atoms with Crippen LogP contribution in [0, 0.1) is 0 Å². The fraction of sp³-hybridized carbons (Fsp3) is 0.588. The van der Waals surface area contributed by atoms with Crippen molar-refractivity contribution in [3.63, 3.8) is 0 Å². The van der Waals surface area contributed by atoms with Crippen LogP contribution < -0.4 is 10.2 Å². The fourth-order valence-electron chi connectivity index (χ4n) is 3.35. The molecule has 1 aromatic rings. The summed E-state index contributed by atoms with van der Waals surface area (Å²) >= 11 is 6.05. The molecule has 2 aliphatic heterocycles. The molecule has 1 atom stereocenters. The molecule has 1 unspecified atom stereocenters. The van der Waals surface area contributed by atoms with E-state index in [1.165, 1.54) is 12.8 Å². The topological polar surface area (TPSA) is 35.6 Å². The fourth-order valence-corrected chi connectivity index (χ4v) is 3.53. The van der Waals surface area contributed by atoms with E-state index in [1.54, 1.807) is 0 Å². The lowest BCUT2D eigenvalue weighted by Gasteiger charge is -2.36. The Balaban J connectivity index is 0.00000192. The largest absolute Gasteiger partial charge is 0.368 e. The Morgan fingerprint density at radius 1 is 1.26 bits per heavy atom. The van der Waals surface area contributed by atoms with Crippen molar-refractivity contribution in [2.75, 3.05) is 37.6 Å². The second-order valence-corrected chi connectivity index (χ2v) is 6.62. The van der Waals surface area contributed by atoms with Crippen LogP contribution in [-0.4, -0.2) is 49.6 Å². The molecule has 3 rings (SSSR count). The maximum atomic E-state index is 12.3. The number of nitrogens with zero attached hydrogens (tertiary/aromatic N) is 2. The van der Waals surface area contributed by atoms with Gasteiger partial charge in [-0.2, -0.15) is 0 Å². The Kier molecular flexibility index (Phi) is 7.00. The Morgan fingerprint density at radius 3 is 2.70 bits per heavy atom. The van der Waals surface area contributed by atoms with Crippen molar-refractivity contribution in [2.24, 2.45) is 0 Å². The van der Waals surface area contributed by atoms with Crippen LogP contribution in [0.25, 0.3) is 0 Å². The van der Waals surface area contributed by atoms with Crippen molar-refractivity contribution >= 4 is 35.6 Å². The molecule has 1 amide bonds. The highest BCUT2D eigenvalue weighted by Gasteiger charge is 2.22. The summed E-state index contributed by atoms with van der Waals surface area (Å²) in [6.07, 6.45) is 4.12. The van der Waals surface area contributed by atoms with Crippen molar-refractivity contribution in [2.45, 2.75) is 31.7 Å². The van der Waals surface area contributed by atoms with Gasteiger partial charge in [-0.15, -0.1) is 12.4 Å². The molecule has 23 heavy (non-hydrogen) atoms. The summed E-state index contributed by atoms with van der Waals surface area (Å²) in [7, 11) is 0. The van der Waals surface area contributed by atoms with Crippen molar-refractivity contribution in [3.8, 4) is 0 Å². The minimum atomic E-state index is 0. The van der Waals surface area contributed by atoms with Gasteiger partial charge in [0.2, 0.25) is 5.91 Å². The van der Waals surface area contributed by atoms with Gasteiger partial charge in [0.25, 0.3) is 0 Å². The number of rotatable bonds is 4. The third-order valence-electron chi connectivity index (χ3n) is 4.67. The molecule has 0 radical (unpaired) electrons. The van der Waals surface area contributed by atoms with Crippen LogP contribution >= 0.6 is 24.0 Å². The molecule has 0 saturated carbocycles. The predicted molar refractivity (Wildman–Crippen MR) is 97.8 cm³/mol. The number of anilines is 1. The predicted octanol–water partition coefficient (Wildman–Crippen LogP) is 2.94. The first-order valence-electron chi connectivity index (χ1n) is 8.24. The summed E-state index contributed by atoms with van der Waals surface area (Å²) in [5.41, 5.74) is 1.15. The van der Waals surface area contributed by atoms with Crippen LogP contribution in [0.15, 0.2) is 24.3 Å². The quantitative estimate of drug-likeness (QED) is 0.899. The van der Waals surface area contributed by atoms with E-state index in [0.717, 1.165) is 49.9 Å². The van der Waals surface area contributed by atoms with Gasteiger partial charge in [0.05, 0.1) is 0 Å². The van der Waals surface area contributed by atoms with E-state index in [-0.39, 0.29) is 12.4 Å². The zero-order valence-corrected chi connectivity index (χ0v) is 14.9. The average molecular weight is 358 g/mol. The van der Waals surface area contributed by atoms with E-state index in [9.17, 15) is 4.79 Å². The Bertz CT molecular complexity index is 512. The van der Waals surface area contributed by atoms with Crippen molar-refractivity contribution < 1.29 is 4.79 Å². The maximum Gasteiger partial charge on any atom is 0.222 e. The standard InChI is InChI=1S/C17H24ClN3O.ClH/c18-14-3-1-5-16(13-14)20-9-11-21(12-10-20)17(22)7-6-15-4-2-8-19-15;/h1,3,5,13,15,19H,2,4,6-12H2;1H. The van der Waals surface area contributed by atoms with E-state index < -0.39 is 0 Å². The van der Waals surface area contributed by atoms with Crippen molar-refractivity contribution in [3.05, 3.63) is 29.3 Å². The minimum absolute atomic E-state index is 0. The van der Waals surface area contributed by atoms with Crippen LogP contribution in [0.5, 0.6) is 0 Å². The number of hydrogen-bond acceptors (Lipinski definition) is 3. The highest BCUT2D eigenvalue weighted by Crippen LogP contribution is 2.21. The molecule has 1 aromatic carbocycles. The summed E-state index contributed by atoms with van der Waals surface area (Å²) < 4.78 is 0. The molecule has 4 nitrogen and oxygen atoms in total. The van der Waals surface area contributed by atoms with Gasteiger partial charge in [-0.1, -0.05) is 17.7 Å². The molecule has 0 bridgehead atoms. The normalized spacial score (nSPS) is 21.2. The van der Waals surface area contributed by atoms with Crippen LogP contribution in [0.4, 0.5) is 5.69 Å². The summed E-state index contributed by atoms with van der Waals surface area (Å²) in [5.74, 6) is 0.305. The maximum absolute atomic E-state index is 12.3. The highest BCUT2D eigenvalue weighted by atomic mass is 35.5. The first kappa shape index (κ1) is 18.4. The second kappa shape index (κ2) is 8.76. The monoisotopic (exact) mass is 357 g/mol. The molecule has 1 N–H and O–H groups in total. The smallest absolute Gasteiger partial charge is 0.222 e. The number of carbonyl (C=O) groups is 1. The van der Waals surface area contributed by atoms with Gasteiger partial charge in [0.15, 0.2) is 0 Å². The SMILES string of the molecule is Cl.O=C(CCC1CCCN1)N1CCN(c2cccc(Cl)c2)CC1. The molecule has 2 saturated heterocycles. The number of halogens is 2. The number of nitrogens with one attached hydrogen (secondary N) is 1. The Labute approximate surface area is 149 Å². The molecule has 0 aliphatic carbocycles. The molecule has 2 fully saturated rings. The molecule has 2 heterocycles. The van der Waals surface area contributed by atoms with E-state index in [2.05, 4.69) is 16.3 Å². The number of amides is 1.